The van der Waals surface area contributed by atoms with Gasteiger partial charge in [0.1, 0.15) is 0 Å². The van der Waals surface area contributed by atoms with Crippen LogP contribution < -0.4 is 5.32 Å². The van der Waals surface area contributed by atoms with Crippen molar-refractivity contribution in [3.8, 4) is 0 Å². The van der Waals surface area contributed by atoms with E-state index in [1.807, 2.05) is 7.05 Å². The first-order valence-corrected chi connectivity index (χ1v) is 9.09. The minimum Gasteiger partial charge on any atom is -0.356 e. The third kappa shape index (κ3) is 5.34. The summed E-state index contributed by atoms with van der Waals surface area (Å²) in [6.45, 7) is 7.01. The van der Waals surface area contributed by atoms with Crippen LogP contribution in [0.4, 0.5) is 0 Å². The van der Waals surface area contributed by atoms with Crippen molar-refractivity contribution in [2.24, 2.45) is 4.99 Å². The molecule has 2 fully saturated rings. The molecule has 2 saturated heterocycles. The zero-order valence-electron chi connectivity index (χ0n) is 14.8. The van der Waals surface area contributed by atoms with Crippen molar-refractivity contribution in [1.82, 2.24) is 15.1 Å². The second kappa shape index (κ2) is 10.2. The molecule has 0 radical (unpaired) electrons. The summed E-state index contributed by atoms with van der Waals surface area (Å²) in [5, 5.41) is 3.56. The van der Waals surface area contributed by atoms with Crippen LogP contribution in [0.1, 0.15) is 37.2 Å². The van der Waals surface area contributed by atoms with E-state index in [-0.39, 0.29) is 24.0 Å². The van der Waals surface area contributed by atoms with Crippen LogP contribution in [0, 0.1) is 0 Å². The molecule has 0 bridgehead atoms. The summed E-state index contributed by atoms with van der Waals surface area (Å²) in [7, 11) is 1.90. The Morgan fingerprint density at radius 3 is 2.62 bits per heavy atom. The van der Waals surface area contributed by atoms with Gasteiger partial charge in [-0.1, -0.05) is 30.3 Å². The second-order valence-electron chi connectivity index (χ2n) is 6.72. The van der Waals surface area contributed by atoms with Gasteiger partial charge in [0.05, 0.1) is 0 Å². The molecule has 1 aromatic rings. The van der Waals surface area contributed by atoms with Crippen LogP contribution in [0.2, 0.25) is 0 Å². The lowest BCUT2D eigenvalue weighted by Crippen LogP contribution is -2.41. The maximum atomic E-state index is 4.49. The standard InChI is InChI=1S/C19H30N4.HI/c1-20-19(21-11-7-14-22-12-5-6-13-22)23-15-10-18(16-23)17-8-3-2-4-9-17;/h2-4,8-9,18H,5-7,10-16H2,1H3,(H,20,21);1H. The van der Waals surface area contributed by atoms with E-state index >= 15 is 0 Å². The van der Waals surface area contributed by atoms with E-state index in [0.717, 1.165) is 25.6 Å². The molecule has 0 aliphatic carbocycles. The highest BCUT2D eigenvalue weighted by Crippen LogP contribution is 2.26. The van der Waals surface area contributed by atoms with Crippen LogP contribution >= 0.6 is 24.0 Å². The molecule has 0 amide bonds. The third-order valence-electron chi connectivity index (χ3n) is 5.10. The van der Waals surface area contributed by atoms with Gasteiger partial charge in [-0.25, -0.2) is 0 Å². The summed E-state index contributed by atoms with van der Waals surface area (Å²) >= 11 is 0. The lowest BCUT2D eigenvalue weighted by Gasteiger charge is -2.22. The molecule has 1 unspecified atom stereocenters. The molecule has 0 aromatic heterocycles. The highest BCUT2D eigenvalue weighted by atomic mass is 127. The molecular formula is C19H31IN4. The first-order chi connectivity index (χ1) is 11.4. The van der Waals surface area contributed by atoms with E-state index in [2.05, 4.69) is 50.4 Å². The van der Waals surface area contributed by atoms with Crippen molar-refractivity contribution < 1.29 is 0 Å². The van der Waals surface area contributed by atoms with E-state index in [0.29, 0.717) is 5.92 Å². The van der Waals surface area contributed by atoms with Crippen LogP contribution in [0.15, 0.2) is 35.3 Å². The van der Waals surface area contributed by atoms with Crippen molar-refractivity contribution in [1.29, 1.82) is 0 Å². The Balaban J connectivity index is 0.00000208. The number of hydrogen-bond donors (Lipinski definition) is 1. The number of likely N-dealkylation sites (tertiary alicyclic amines) is 2. The first kappa shape index (κ1) is 19.5. The summed E-state index contributed by atoms with van der Waals surface area (Å²) in [6.07, 6.45) is 5.18. The summed E-state index contributed by atoms with van der Waals surface area (Å²) in [4.78, 5) is 9.47. The molecule has 134 valence electrons. The number of hydrogen-bond acceptors (Lipinski definition) is 2. The van der Waals surface area contributed by atoms with Gasteiger partial charge in [0.15, 0.2) is 5.96 Å². The molecule has 2 aliphatic rings. The monoisotopic (exact) mass is 442 g/mol. The van der Waals surface area contributed by atoms with Crippen molar-refractivity contribution in [3.63, 3.8) is 0 Å². The molecule has 3 rings (SSSR count). The zero-order chi connectivity index (χ0) is 15.9. The van der Waals surface area contributed by atoms with Crippen LogP contribution in [0.3, 0.4) is 0 Å². The molecule has 1 aromatic carbocycles. The lowest BCUT2D eigenvalue weighted by atomic mass is 9.99. The Morgan fingerprint density at radius 2 is 1.92 bits per heavy atom. The normalized spacial score (nSPS) is 21.8. The molecule has 4 nitrogen and oxygen atoms in total. The summed E-state index contributed by atoms with van der Waals surface area (Å²) in [5.74, 6) is 1.71. The highest BCUT2D eigenvalue weighted by Gasteiger charge is 2.25. The van der Waals surface area contributed by atoms with Gasteiger partial charge in [0.25, 0.3) is 0 Å². The van der Waals surface area contributed by atoms with Gasteiger partial charge in [0, 0.05) is 32.6 Å². The van der Waals surface area contributed by atoms with Crippen LogP contribution in [0.5, 0.6) is 0 Å². The van der Waals surface area contributed by atoms with Crippen LogP contribution in [-0.2, 0) is 0 Å². The number of guanidine groups is 1. The number of halogens is 1. The maximum absolute atomic E-state index is 4.49. The van der Waals surface area contributed by atoms with Crippen molar-refractivity contribution >= 4 is 29.9 Å². The van der Waals surface area contributed by atoms with Gasteiger partial charge in [0.2, 0.25) is 0 Å². The van der Waals surface area contributed by atoms with Crippen molar-refractivity contribution in [3.05, 3.63) is 35.9 Å². The first-order valence-electron chi connectivity index (χ1n) is 9.09. The molecule has 2 heterocycles. The number of nitrogens with zero attached hydrogens (tertiary/aromatic N) is 3. The van der Waals surface area contributed by atoms with Gasteiger partial charge in [-0.2, -0.15) is 0 Å². The van der Waals surface area contributed by atoms with E-state index in [1.54, 1.807) is 0 Å². The van der Waals surface area contributed by atoms with Gasteiger partial charge in [-0.15, -0.1) is 24.0 Å². The quantitative estimate of drug-likeness (QED) is 0.329. The van der Waals surface area contributed by atoms with E-state index in [4.69, 9.17) is 0 Å². The third-order valence-corrected chi connectivity index (χ3v) is 5.10. The SMILES string of the molecule is CN=C(NCCCN1CCCC1)N1CCC(c2ccccc2)C1.I. The topological polar surface area (TPSA) is 30.9 Å². The molecule has 24 heavy (non-hydrogen) atoms. The molecule has 2 aliphatic heterocycles. The Bertz CT molecular complexity index is 499. The molecule has 1 N–H and O–H groups in total. The van der Waals surface area contributed by atoms with Gasteiger partial charge < -0.3 is 15.1 Å². The Morgan fingerprint density at radius 1 is 1.17 bits per heavy atom. The Hall–Kier alpha value is -0.820. The fourth-order valence-corrected chi connectivity index (χ4v) is 3.79. The molecule has 5 heteroatoms. The minimum absolute atomic E-state index is 0. The van der Waals surface area contributed by atoms with E-state index in [9.17, 15) is 0 Å². The highest BCUT2D eigenvalue weighted by molar-refractivity contribution is 14.0. The van der Waals surface area contributed by atoms with E-state index in [1.165, 1.54) is 50.9 Å². The predicted molar refractivity (Wildman–Crippen MR) is 112 cm³/mol. The van der Waals surface area contributed by atoms with Gasteiger partial charge in [-0.3, -0.25) is 4.99 Å². The van der Waals surface area contributed by atoms with Gasteiger partial charge in [-0.05, 0) is 50.9 Å². The zero-order valence-corrected chi connectivity index (χ0v) is 17.1. The number of aliphatic imine (C=N–C) groups is 1. The lowest BCUT2D eigenvalue weighted by molar-refractivity contribution is 0.333. The number of nitrogens with one attached hydrogen (secondary N) is 1. The van der Waals surface area contributed by atoms with Crippen LogP contribution in [-0.4, -0.2) is 62.1 Å². The molecular weight excluding hydrogens is 411 g/mol. The Kier molecular flexibility index (Phi) is 8.32. The number of benzene rings is 1. The maximum Gasteiger partial charge on any atom is 0.193 e. The second-order valence-corrected chi connectivity index (χ2v) is 6.72. The largest absolute Gasteiger partial charge is 0.356 e. The van der Waals surface area contributed by atoms with Crippen molar-refractivity contribution in [2.75, 3.05) is 46.3 Å². The fraction of sp³-hybridized carbons (Fsp3) is 0.632. The number of rotatable bonds is 5. The molecule has 0 saturated carbocycles. The van der Waals surface area contributed by atoms with Crippen LogP contribution in [0.25, 0.3) is 0 Å². The van der Waals surface area contributed by atoms with Gasteiger partial charge >= 0.3 is 0 Å². The predicted octanol–water partition coefficient (Wildman–Crippen LogP) is 3.16. The summed E-state index contributed by atoms with van der Waals surface area (Å²) < 4.78 is 0. The summed E-state index contributed by atoms with van der Waals surface area (Å²) in [6, 6.07) is 10.9. The fourth-order valence-electron chi connectivity index (χ4n) is 3.79. The smallest absolute Gasteiger partial charge is 0.193 e. The van der Waals surface area contributed by atoms with Crippen molar-refractivity contribution in [2.45, 2.75) is 31.6 Å². The average Bonchev–Trinajstić information content (AvgIpc) is 3.27. The van der Waals surface area contributed by atoms with E-state index < -0.39 is 0 Å². The summed E-state index contributed by atoms with van der Waals surface area (Å²) in [5.41, 5.74) is 1.46. The molecule has 1 atom stereocenters. The minimum atomic E-state index is 0. The Labute approximate surface area is 163 Å². The average molecular weight is 442 g/mol. The molecule has 0 spiro atoms.